The van der Waals surface area contributed by atoms with E-state index >= 15 is 0 Å². The molecule has 3 atom stereocenters. The van der Waals surface area contributed by atoms with Gasteiger partial charge in [0.1, 0.15) is 0 Å². The Balaban J connectivity index is 1.79. The van der Waals surface area contributed by atoms with Crippen molar-refractivity contribution in [1.29, 1.82) is 0 Å². The fourth-order valence-corrected chi connectivity index (χ4v) is 5.04. The molecule has 0 spiro atoms. The maximum Gasteiger partial charge on any atom is 0.259 e. The SMILES string of the molecule is NC(C[C@@H]1CCNC1=O)C(=O)Cc1ccccc1P(=O)(O)c1ccccc1. The molecule has 1 fully saturated rings. The first-order valence-corrected chi connectivity index (χ1v) is 10.6. The topological polar surface area (TPSA) is 109 Å². The van der Waals surface area contributed by atoms with Crippen LogP contribution in [0.2, 0.25) is 0 Å². The summed E-state index contributed by atoms with van der Waals surface area (Å²) >= 11 is 0. The Bertz CT molecular complexity index is 885. The average molecular weight is 386 g/mol. The number of ketones is 1. The third-order valence-corrected chi connectivity index (χ3v) is 6.99. The van der Waals surface area contributed by atoms with Crippen LogP contribution in [0.1, 0.15) is 18.4 Å². The largest absolute Gasteiger partial charge is 0.356 e. The van der Waals surface area contributed by atoms with Crippen LogP contribution >= 0.6 is 7.37 Å². The summed E-state index contributed by atoms with van der Waals surface area (Å²) in [5, 5.41) is 3.30. The molecule has 2 unspecified atom stereocenters. The monoisotopic (exact) mass is 386 g/mol. The minimum atomic E-state index is -3.82. The van der Waals surface area contributed by atoms with Gasteiger partial charge in [0, 0.05) is 29.5 Å². The molecule has 142 valence electrons. The molecule has 2 aromatic rings. The molecule has 1 amide bonds. The molecule has 0 bridgehead atoms. The number of rotatable bonds is 7. The van der Waals surface area contributed by atoms with Crippen molar-refractivity contribution < 1.29 is 19.0 Å². The molecule has 1 aliphatic heterocycles. The van der Waals surface area contributed by atoms with Gasteiger partial charge in [0.25, 0.3) is 7.37 Å². The molecule has 1 aliphatic rings. The van der Waals surface area contributed by atoms with Crippen molar-refractivity contribution in [3.63, 3.8) is 0 Å². The van der Waals surface area contributed by atoms with Crippen LogP contribution in [0.3, 0.4) is 0 Å². The smallest absolute Gasteiger partial charge is 0.259 e. The first kappa shape index (κ1) is 19.5. The van der Waals surface area contributed by atoms with Crippen molar-refractivity contribution in [1.82, 2.24) is 5.32 Å². The third-order valence-electron chi connectivity index (χ3n) is 4.90. The number of nitrogens with one attached hydrogen (secondary N) is 1. The van der Waals surface area contributed by atoms with Crippen molar-refractivity contribution in [2.75, 3.05) is 6.54 Å². The van der Waals surface area contributed by atoms with Crippen LogP contribution in [0.25, 0.3) is 0 Å². The Morgan fingerprint density at radius 3 is 2.52 bits per heavy atom. The average Bonchev–Trinajstić information content (AvgIpc) is 3.07. The standard InChI is InChI=1S/C20H23N2O4P/c21-17(12-15-10-11-22-20(15)24)18(23)13-14-6-4-5-9-19(14)27(25,26)16-7-2-1-3-8-16/h1-9,15,17H,10-13,21H2,(H,22,24)(H,25,26)/t15-,17?/m0/s1. The Morgan fingerprint density at radius 2 is 1.85 bits per heavy atom. The molecule has 6 nitrogen and oxygen atoms in total. The van der Waals surface area contributed by atoms with Crippen molar-refractivity contribution in [3.8, 4) is 0 Å². The second kappa shape index (κ2) is 8.17. The molecule has 0 aromatic heterocycles. The van der Waals surface area contributed by atoms with Crippen molar-refractivity contribution >= 4 is 29.7 Å². The van der Waals surface area contributed by atoms with Gasteiger partial charge in [0.15, 0.2) is 5.78 Å². The van der Waals surface area contributed by atoms with Crippen molar-refractivity contribution in [2.45, 2.75) is 25.3 Å². The molecular weight excluding hydrogens is 363 g/mol. The lowest BCUT2D eigenvalue weighted by Gasteiger charge is -2.18. The number of hydrogen-bond donors (Lipinski definition) is 3. The van der Waals surface area contributed by atoms with Gasteiger partial charge in [-0.3, -0.25) is 14.2 Å². The van der Waals surface area contributed by atoms with Crippen molar-refractivity contribution in [2.24, 2.45) is 11.7 Å². The summed E-state index contributed by atoms with van der Waals surface area (Å²) < 4.78 is 13.1. The summed E-state index contributed by atoms with van der Waals surface area (Å²) in [4.78, 5) is 35.0. The van der Waals surface area contributed by atoms with E-state index in [1.165, 1.54) is 0 Å². The third kappa shape index (κ3) is 4.35. The Hall–Kier alpha value is -2.27. The molecule has 0 aliphatic carbocycles. The number of carbonyl (C=O) groups is 2. The van der Waals surface area contributed by atoms with Gasteiger partial charge in [-0.25, -0.2) is 0 Å². The van der Waals surface area contributed by atoms with E-state index in [9.17, 15) is 19.0 Å². The van der Waals surface area contributed by atoms with Gasteiger partial charge in [-0.05, 0) is 36.6 Å². The lowest BCUT2D eigenvalue weighted by molar-refractivity contribution is -0.123. The van der Waals surface area contributed by atoms with Crippen LogP contribution in [0.5, 0.6) is 0 Å². The van der Waals surface area contributed by atoms with Crippen LogP contribution < -0.4 is 21.7 Å². The first-order chi connectivity index (χ1) is 12.9. The van der Waals surface area contributed by atoms with Crippen LogP contribution in [0.15, 0.2) is 54.6 Å². The zero-order valence-electron chi connectivity index (χ0n) is 14.9. The summed E-state index contributed by atoms with van der Waals surface area (Å²) in [6, 6.07) is 14.3. The molecule has 0 saturated carbocycles. The first-order valence-electron chi connectivity index (χ1n) is 8.92. The van der Waals surface area contributed by atoms with Gasteiger partial charge >= 0.3 is 0 Å². The minimum Gasteiger partial charge on any atom is -0.356 e. The van der Waals surface area contributed by atoms with E-state index in [0.29, 0.717) is 30.3 Å². The van der Waals surface area contributed by atoms with E-state index < -0.39 is 13.4 Å². The number of benzene rings is 2. The maximum atomic E-state index is 13.1. The quantitative estimate of drug-likeness (QED) is 0.612. The van der Waals surface area contributed by atoms with E-state index in [2.05, 4.69) is 5.32 Å². The Labute approximate surface area is 158 Å². The van der Waals surface area contributed by atoms with Gasteiger partial charge in [-0.1, -0.05) is 36.4 Å². The summed E-state index contributed by atoms with van der Waals surface area (Å²) in [6.45, 7) is 0.609. The molecule has 2 aromatic carbocycles. The predicted molar refractivity (Wildman–Crippen MR) is 104 cm³/mol. The van der Waals surface area contributed by atoms with E-state index in [1.54, 1.807) is 54.6 Å². The molecule has 3 rings (SSSR count). The van der Waals surface area contributed by atoms with Crippen LogP contribution in [-0.2, 0) is 20.6 Å². The highest BCUT2D eigenvalue weighted by Crippen LogP contribution is 2.39. The van der Waals surface area contributed by atoms with Crippen LogP contribution in [-0.4, -0.2) is 29.2 Å². The molecule has 7 heteroatoms. The summed E-state index contributed by atoms with van der Waals surface area (Å²) in [5.41, 5.74) is 6.51. The fourth-order valence-electron chi connectivity index (χ4n) is 3.35. The molecule has 1 heterocycles. The van der Waals surface area contributed by atoms with E-state index in [4.69, 9.17) is 5.73 Å². The van der Waals surface area contributed by atoms with Crippen LogP contribution in [0.4, 0.5) is 0 Å². The second-order valence-electron chi connectivity index (χ2n) is 6.80. The highest BCUT2D eigenvalue weighted by Gasteiger charge is 2.30. The molecule has 4 N–H and O–H groups in total. The van der Waals surface area contributed by atoms with E-state index in [0.717, 1.165) is 0 Å². The zero-order chi connectivity index (χ0) is 19.4. The molecule has 1 saturated heterocycles. The predicted octanol–water partition coefficient (Wildman–Crippen LogP) is 0.873. The molecular formula is C20H23N2O4P. The van der Waals surface area contributed by atoms with E-state index in [1.807, 2.05) is 0 Å². The lowest BCUT2D eigenvalue weighted by atomic mass is 9.94. The number of Topliss-reactive ketones (excluding diaryl/α,β-unsaturated/α-hetero) is 1. The Kier molecular flexibility index (Phi) is 5.90. The molecule has 27 heavy (non-hydrogen) atoms. The van der Waals surface area contributed by atoms with Gasteiger partial charge in [0.2, 0.25) is 5.91 Å². The highest BCUT2D eigenvalue weighted by atomic mass is 31.2. The fraction of sp³-hybridized carbons (Fsp3) is 0.300. The van der Waals surface area contributed by atoms with Crippen molar-refractivity contribution in [3.05, 3.63) is 60.2 Å². The normalized spacial score (nSPS) is 19.9. The summed E-state index contributed by atoms with van der Waals surface area (Å²) in [6.07, 6.45) is 0.932. The number of nitrogens with two attached hydrogens (primary N) is 1. The van der Waals surface area contributed by atoms with Gasteiger partial charge in [0.05, 0.1) is 6.04 Å². The zero-order valence-corrected chi connectivity index (χ0v) is 15.8. The highest BCUT2D eigenvalue weighted by molar-refractivity contribution is 7.73. The maximum absolute atomic E-state index is 13.1. The van der Waals surface area contributed by atoms with Gasteiger partial charge in [-0.15, -0.1) is 0 Å². The number of amides is 1. The summed E-state index contributed by atoms with van der Waals surface area (Å²) in [5.74, 6) is -0.551. The molecule has 0 radical (unpaired) electrons. The van der Waals surface area contributed by atoms with Gasteiger partial charge < -0.3 is 15.9 Å². The second-order valence-corrected chi connectivity index (χ2v) is 8.95. The number of carbonyl (C=O) groups excluding carboxylic acids is 2. The summed E-state index contributed by atoms with van der Waals surface area (Å²) in [7, 11) is -3.82. The number of hydrogen-bond acceptors (Lipinski definition) is 4. The lowest BCUT2D eigenvalue weighted by Crippen LogP contribution is -2.36. The Morgan fingerprint density at radius 1 is 1.19 bits per heavy atom. The van der Waals surface area contributed by atoms with E-state index in [-0.39, 0.29) is 29.3 Å². The van der Waals surface area contributed by atoms with Crippen LogP contribution in [0, 0.1) is 5.92 Å². The van der Waals surface area contributed by atoms with Gasteiger partial charge in [-0.2, -0.15) is 0 Å². The minimum absolute atomic E-state index is 0.0386.